The summed E-state index contributed by atoms with van der Waals surface area (Å²) in [6.07, 6.45) is 2.01. The molecule has 2 aromatic heterocycles. The van der Waals surface area contributed by atoms with Crippen LogP contribution in [0.5, 0.6) is 0 Å². The number of hydrogen-bond acceptors (Lipinski definition) is 8. The molecular formula is C17H26N6O4. The molecule has 0 radical (unpaired) electrons. The van der Waals surface area contributed by atoms with Gasteiger partial charge in [-0.25, -0.2) is 4.98 Å². The minimum atomic E-state index is -1.21. The first kappa shape index (κ1) is 19.5. The van der Waals surface area contributed by atoms with Gasteiger partial charge in [0.2, 0.25) is 5.95 Å². The lowest BCUT2D eigenvalue weighted by Gasteiger charge is -2.49. The van der Waals surface area contributed by atoms with Gasteiger partial charge < -0.3 is 25.4 Å². The van der Waals surface area contributed by atoms with E-state index in [1.54, 1.807) is 4.57 Å². The van der Waals surface area contributed by atoms with Crippen LogP contribution in [0.3, 0.4) is 0 Å². The Hall–Kier alpha value is -2.30. The van der Waals surface area contributed by atoms with Crippen LogP contribution in [0.25, 0.3) is 11.2 Å². The first-order valence-corrected chi connectivity index (χ1v) is 8.96. The van der Waals surface area contributed by atoms with Crippen molar-refractivity contribution in [2.24, 2.45) is 5.41 Å². The number of nitrogens with two attached hydrogens (primary N) is 1. The lowest BCUT2D eigenvalue weighted by atomic mass is 9.61. The van der Waals surface area contributed by atoms with Gasteiger partial charge >= 0.3 is 0 Å². The molecule has 1 unspecified atom stereocenters. The number of carbonyl (C=O) groups is 1. The molecule has 3 rings (SSSR count). The summed E-state index contributed by atoms with van der Waals surface area (Å²) < 4.78 is 1.72. The van der Waals surface area contributed by atoms with E-state index in [0.29, 0.717) is 24.9 Å². The second kappa shape index (κ2) is 7.37. The fourth-order valence-electron chi connectivity index (χ4n) is 3.77. The molecule has 5 N–H and O–H groups in total. The molecule has 2 aromatic rings. The topological polar surface area (TPSA) is 150 Å². The van der Waals surface area contributed by atoms with Crippen molar-refractivity contribution in [3.05, 3.63) is 16.7 Å². The Morgan fingerprint density at radius 1 is 1.52 bits per heavy atom. The largest absolute Gasteiger partial charge is 0.396 e. The van der Waals surface area contributed by atoms with Gasteiger partial charge in [0, 0.05) is 17.9 Å². The number of aliphatic hydroxyl groups excluding tert-OH is 2. The summed E-state index contributed by atoms with van der Waals surface area (Å²) in [6, 6.07) is -0.125. The Labute approximate surface area is 156 Å². The Balaban J connectivity index is 1.72. The highest BCUT2D eigenvalue weighted by molar-refractivity contribution is 5.84. The number of hydrogen-bond donors (Lipinski definition) is 4. The number of aliphatic hydroxyl groups is 2. The van der Waals surface area contributed by atoms with Gasteiger partial charge in [-0.2, -0.15) is 4.98 Å². The van der Waals surface area contributed by atoms with Crippen LogP contribution in [0, 0.1) is 5.41 Å². The first-order valence-electron chi connectivity index (χ1n) is 8.96. The summed E-state index contributed by atoms with van der Waals surface area (Å²) >= 11 is 0. The number of nitrogens with one attached hydrogen (secondary N) is 1. The summed E-state index contributed by atoms with van der Waals surface area (Å²) in [5, 5.41) is 20.4. The molecule has 10 nitrogen and oxygen atoms in total. The average Bonchev–Trinajstić information content (AvgIpc) is 2.97. The zero-order chi connectivity index (χ0) is 19.8. The maximum atomic E-state index is 12.3. The second-order valence-corrected chi connectivity index (χ2v) is 7.63. The molecule has 0 bridgehead atoms. The minimum Gasteiger partial charge on any atom is -0.396 e. The zero-order valence-corrected chi connectivity index (χ0v) is 15.6. The van der Waals surface area contributed by atoms with Crippen LogP contribution < -0.4 is 11.3 Å². The molecule has 0 spiro atoms. The van der Waals surface area contributed by atoms with Crippen molar-refractivity contribution in [1.29, 1.82) is 0 Å². The smallest absolute Gasteiger partial charge is 0.280 e. The Bertz CT molecular complexity index is 883. The summed E-state index contributed by atoms with van der Waals surface area (Å²) in [6.45, 7) is 0.475. The molecule has 1 aliphatic rings. The second-order valence-electron chi connectivity index (χ2n) is 7.63. The molecule has 2 heterocycles. The van der Waals surface area contributed by atoms with Crippen molar-refractivity contribution >= 4 is 22.9 Å². The van der Waals surface area contributed by atoms with Crippen molar-refractivity contribution < 1.29 is 15.0 Å². The highest BCUT2D eigenvalue weighted by Crippen LogP contribution is 2.51. The molecule has 0 saturated heterocycles. The number of fused-ring (bicyclic) bond motifs is 1. The van der Waals surface area contributed by atoms with E-state index in [-0.39, 0.29) is 36.3 Å². The molecular weight excluding hydrogens is 352 g/mol. The van der Waals surface area contributed by atoms with E-state index < -0.39 is 17.1 Å². The third kappa shape index (κ3) is 3.60. The quantitative estimate of drug-likeness (QED) is 0.470. The van der Waals surface area contributed by atoms with Crippen molar-refractivity contribution in [1.82, 2.24) is 24.4 Å². The molecule has 27 heavy (non-hydrogen) atoms. The maximum absolute atomic E-state index is 12.3. The first-order chi connectivity index (χ1) is 12.8. The molecule has 148 valence electrons. The highest BCUT2D eigenvalue weighted by Gasteiger charge is 2.52. The van der Waals surface area contributed by atoms with Crippen LogP contribution in [-0.4, -0.2) is 73.8 Å². The van der Waals surface area contributed by atoms with E-state index >= 15 is 0 Å². The van der Waals surface area contributed by atoms with E-state index in [9.17, 15) is 19.8 Å². The van der Waals surface area contributed by atoms with E-state index in [4.69, 9.17) is 5.73 Å². The Kier molecular flexibility index (Phi) is 5.31. The van der Waals surface area contributed by atoms with Crippen LogP contribution in [0.2, 0.25) is 0 Å². The number of imidazole rings is 1. The molecule has 0 aliphatic heterocycles. The summed E-state index contributed by atoms with van der Waals surface area (Å²) in [4.78, 5) is 36.8. The molecule has 10 heteroatoms. The van der Waals surface area contributed by atoms with Crippen LogP contribution in [0.15, 0.2) is 11.1 Å². The van der Waals surface area contributed by atoms with Crippen LogP contribution >= 0.6 is 0 Å². The molecule has 1 saturated carbocycles. The lowest BCUT2D eigenvalue weighted by Crippen LogP contribution is -2.52. The highest BCUT2D eigenvalue weighted by atomic mass is 16.3. The third-order valence-corrected chi connectivity index (χ3v) is 5.36. The fourth-order valence-corrected chi connectivity index (χ4v) is 3.77. The molecule has 1 fully saturated rings. The summed E-state index contributed by atoms with van der Waals surface area (Å²) in [5.41, 5.74) is 4.87. The normalized spacial score (nSPS) is 23.5. The summed E-state index contributed by atoms with van der Waals surface area (Å²) in [7, 11) is 3.85. The van der Waals surface area contributed by atoms with E-state index in [2.05, 4.69) is 15.0 Å². The van der Waals surface area contributed by atoms with E-state index in [1.165, 1.54) is 6.33 Å². The standard InChI is InChI=1S/C17H26N6O4/c1-22(2)5-3-4-11(25)13(26)17(8-24)6-10(7-17)23-9-19-12-14(23)20-16(18)21-15(12)27/h9-10,13,24,26H,3-8H2,1-2H3,(H3,18,20,21,27). The SMILES string of the molecule is CN(C)CCCC(=O)C(O)C1(CO)CC(n2cnc3c(=O)[nH]c(N)nc32)C1. The molecule has 0 amide bonds. The molecule has 1 atom stereocenters. The predicted octanol–water partition coefficient (Wildman–Crippen LogP) is -0.713. The zero-order valence-electron chi connectivity index (χ0n) is 15.6. The van der Waals surface area contributed by atoms with Crippen molar-refractivity contribution in [2.45, 2.75) is 37.8 Å². The number of Topliss-reactive ketones (excluding diaryl/α,β-unsaturated/α-hetero) is 1. The number of anilines is 1. The van der Waals surface area contributed by atoms with Crippen LogP contribution in [0.1, 0.15) is 31.7 Å². The number of nitrogen functional groups attached to an aromatic ring is 1. The van der Waals surface area contributed by atoms with Crippen molar-refractivity contribution in [3.8, 4) is 0 Å². The molecule has 1 aliphatic carbocycles. The number of nitrogens with zero attached hydrogens (tertiary/aromatic N) is 4. The number of rotatable bonds is 8. The van der Waals surface area contributed by atoms with Crippen LogP contribution in [-0.2, 0) is 4.79 Å². The van der Waals surface area contributed by atoms with Gasteiger partial charge in [0.25, 0.3) is 5.56 Å². The van der Waals surface area contributed by atoms with Crippen molar-refractivity contribution in [3.63, 3.8) is 0 Å². The van der Waals surface area contributed by atoms with Gasteiger partial charge in [0.05, 0.1) is 12.9 Å². The van der Waals surface area contributed by atoms with Crippen molar-refractivity contribution in [2.75, 3.05) is 33.0 Å². The van der Waals surface area contributed by atoms with Gasteiger partial charge in [0.1, 0.15) is 6.10 Å². The number of aromatic nitrogens is 4. The van der Waals surface area contributed by atoms with Gasteiger partial charge in [-0.05, 0) is 39.9 Å². The number of aromatic amines is 1. The Morgan fingerprint density at radius 3 is 2.85 bits per heavy atom. The lowest BCUT2D eigenvalue weighted by molar-refractivity contribution is -0.148. The molecule has 0 aromatic carbocycles. The number of ketones is 1. The van der Waals surface area contributed by atoms with Crippen LogP contribution in [0.4, 0.5) is 5.95 Å². The van der Waals surface area contributed by atoms with Gasteiger partial charge in [0.15, 0.2) is 16.9 Å². The van der Waals surface area contributed by atoms with Gasteiger partial charge in [-0.3, -0.25) is 14.6 Å². The third-order valence-electron chi connectivity index (χ3n) is 5.36. The van der Waals surface area contributed by atoms with Gasteiger partial charge in [-0.1, -0.05) is 0 Å². The fraction of sp³-hybridized carbons (Fsp3) is 0.647. The average molecular weight is 378 g/mol. The van der Waals surface area contributed by atoms with E-state index in [0.717, 1.165) is 6.54 Å². The summed E-state index contributed by atoms with van der Waals surface area (Å²) in [5.74, 6) is -0.253. The van der Waals surface area contributed by atoms with E-state index in [1.807, 2.05) is 19.0 Å². The number of H-pyrrole nitrogens is 1. The predicted molar refractivity (Wildman–Crippen MR) is 99.2 cm³/mol. The monoisotopic (exact) mass is 378 g/mol. The number of carbonyl (C=O) groups excluding carboxylic acids is 1. The Morgan fingerprint density at radius 2 is 2.22 bits per heavy atom. The minimum absolute atomic E-state index is 0.00176. The van der Waals surface area contributed by atoms with Gasteiger partial charge in [-0.15, -0.1) is 0 Å². The maximum Gasteiger partial charge on any atom is 0.280 e.